The largest absolute Gasteiger partial charge is 0.480 e. The SMILES string of the molecule is CC[C@@H](Oc1ccccc1C)C(=O)N[C@@H](c1ccccc1)c1ccc(C)cc1. The van der Waals surface area contributed by atoms with Gasteiger partial charge in [0.1, 0.15) is 5.75 Å². The maximum Gasteiger partial charge on any atom is 0.261 e. The van der Waals surface area contributed by atoms with Crippen molar-refractivity contribution in [3.8, 4) is 5.75 Å². The maximum absolute atomic E-state index is 13.1. The molecule has 0 radical (unpaired) electrons. The van der Waals surface area contributed by atoms with E-state index >= 15 is 0 Å². The first-order chi connectivity index (χ1) is 13.6. The lowest BCUT2D eigenvalue weighted by Gasteiger charge is -2.24. The molecular formula is C25H27NO2. The molecular weight excluding hydrogens is 346 g/mol. The molecule has 1 N–H and O–H groups in total. The molecule has 0 unspecified atom stereocenters. The van der Waals surface area contributed by atoms with Crippen molar-refractivity contribution in [2.45, 2.75) is 39.3 Å². The number of ether oxygens (including phenoxy) is 1. The zero-order valence-corrected chi connectivity index (χ0v) is 16.7. The van der Waals surface area contributed by atoms with Gasteiger partial charge in [0, 0.05) is 0 Å². The van der Waals surface area contributed by atoms with E-state index in [1.165, 1.54) is 5.56 Å². The van der Waals surface area contributed by atoms with Crippen molar-refractivity contribution in [3.05, 3.63) is 101 Å². The van der Waals surface area contributed by atoms with E-state index in [9.17, 15) is 4.79 Å². The lowest BCUT2D eigenvalue weighted by Crippen LogP contribution is -2.40. The number of rotatable bonds is 7. The third kappa shape index (κ3) is 4.80. The van der Waals surface area contributed by atoms with Crippen LogP contribution in [-0.4, -0.2) is 12.0 Å². The summed E-state index contributed by atoms with van der Waals surface area (Å²) in [6, 6.07) is 25.9. The quantitative estimate of drug-likeness (QED) is 0.605. The monoisotopic (exact) mass is 373 g/mol. The minimum Gasteiger partial charge on any atom is -0.480 e. The number of carbonyl (C=O) groups is 1. The smallest absolute Gasteiger partial charge is 0.261 e. The first-order valence-corrected chi connectivity index (χ1v) is 9.72. The van der Waals surface area contributed by atoms with Gasteiger partial charge < -0.3 is 10.1 Å². The van der Waals surface area contributed by atoms with Crippen molar-refractivity contribution in [1.29, 1.82) is 0 Å². The molecule has 0 saturated heterocycles. The summed E-state index contributed by atoms with van der Waals surface area (Å²) >= 11 is 0. The van der Waals surface area contributed by atoms with Crippen molar-refractivity contribution >= 4 is 5.91 Å². The summed E-state index contributed by atoms with van der Waals surface area (Å²) in [5.41, 5.74) is 4.31. The van der Waals surface area contributed by atoms with Crippen LogP contribution in [0.1, 0.15) is 41.6 Å². The molecule has 0 aromatic heterocycles. The summed E-state index contributed by atoms with van der Waals surface area (Å²) in [4.78, 5) is 13.1. The molecule has 0 aliphatic carbocycles. The van der Waals surface area contributed by atoms with Crippen molar-refractivity contribution in [1.82, 2.24) is 5.32 Å². The maximum atomic E-state index is 13.1. The first kappa shape index (κ1) is 19.7. The molecule has 2 atom stereocenters. The summed E-state index contributed by atoms with van der Waals surface area (Å²) in [7, 11) is 0. The lowest BCUT2D eigenvalue weighted by molar-refractivity contribution is -0.128. The van der Waals surface area contributed by atoms with Crippen LogP contribution in [0.3, 0.4) is 0 Å². The Kier molecular flexibility index (Phi) is 6.49. The number of aryl methyl sites for hydroxylation is 2. The average Bonchev–Trinajstić information content (AvgIpc) is 2.72. The lowest BCUT2D eigenvalue weighted by atomic mass is 9.97. The molecule has 0 aliphatic heterocycles. The fourth-order valence-corrected chi connectivity index (χ4v) is 3.16. The van der Waals surface area contributed by atoms with Crippen LogP contribution < -0.4 is 10.1 Å². The number of carbonyl (C=O) groups excluding carboxylic acids is 1. The van der Waals surface area contributed by atoms with Gasteiger partial charge in [0.15, 0.2) is 6.10 Å². The second-order valence-corrected chi connectivity index (χ2v) is 7.04. The van der Waals surface area contributed by atoms with Gasteiger partial charge >= 0.3 is 0 Å². The number of hydrogen-bond acceptors (Lipinski definition) is 2. The Morgan fingerprint density at radius 1 is 0.857 bits per heavy atom. The first-order valence-electron chi connectivity index (χ1n) is 9.72. The van der Waals surface area contributed by atoms with E-state index in [1.54, 1.807) is 0 Å². The molecule has 0 bridgehead atoms. The summed E-state index contributed by atoms with van der Waals surface area (Å²) in [6.07, 6.45) is 0.0491. The van der Waals surface area contributed by atoms with Crippen LogP contribution in [0, 0.1) is 13.8 Å². The molecule has 3 rings (SSSR count). The molecule has 3 aromatic carbocycles. The van der Waals surface area contributed by atoms with E-state index in [0.717, 1.165) is 22.4 Å². The summed E-state index contributed by atoms with van der Waals surface area (Å²) < 4.78 is 6.04. The highest BCUT2D eigenvalue weighted by Crippen LogP contribution is 2.24. The van der Waals surface area contributed by atoms with Gasteiger partial charge in [-0.1, -0.05) is 85.3 Å². The van der Waals surface area contributed by atoms with Crippen LogP contribution in [0.25, 0.3) is 0 Å². The average molecular weight is 373 g/mol. The molecule has 0 aliphatic rings. The van der Waals surface area contributed by atoms with E-state index in [4.69, 9.17) is 4.74 Å². The van der Waals surface area contributed by atoms with Gasteiger partial charge in [0.25, 0.3) is 5.91 Å². The van der Waals surface area contributed by atoms with Crippen molar-refractivity contribution in [3.63, 3.8) is 0 Å². The number of amides is 1. The topological polar surface area (TPSA) is 38.3 Å². The van der Waals surface area contributed by atoms with E-state index < -0.39 is 6.10 Å². The molecule has 144 valence electrons. The molecule has 3 aromatic rings. The number of nitrogens with one attached hydrogen (secondary N) is 1. The molecule has 3 nitrogen and oxygen atoms in total. The molecule has 0 saturated carbocycles. The van der Waals surface area contributed by atoms with Crippen LogP contribution in [0.5, 0.6) is 5.75 Å². The van der Waals surface area contributed by atoms with E-state index in [2.05, 4.69) is 36.5 Å². The van der Waals surface area contributed by atoms with Crippen LogP contribution in [0.15, 0.2) is 78.9 Å². The van der Waals surface area contributed by atoms with E-state index in [-0.39, 0.29) is 11.9 Å². The highest BCUT2D eigenvalue weighted by Gasteiger charge is 2.24. The minimum absolute atomic E-state index is 0.111. The van der Waals surface area contributed by atoms with Crippen LogP contribution in [0.2, 0.25) is 0 Å². The molecule has 1 amide bonds. The molecule has 0 fully saturated rings. The van der Waals surface area contributed by atoms with Gasteiger partial charge in [-0.3, -0.25) is 4.79 Å². The Morgan fingerprint density at radius 2 is 1.46 bits per heavy atom. The normalized spacial score (nSPS) is 12.8. The van der Waals surface area contributed by atoms with Gasteiger partial charge in [0.05, 0.1) is 6.04 Å². The van der Waals surface area contributed by atoms with Crippen molar-refractivity contribution in [2.75, 3.05) is 0 Å². The second-order valence-electron chi connectivity index (χ2n) is 7.04. The van der Waals surface area contributed by atoms with Gasteiger partial charge in [-0.15, -0.1) is 0 Å². The summed E-state index contributed by atoms with van der Waals surface area (Å²) in [6.45, 7) is 6.01. The molecule has 28 heavy (non-hydrogen) atoms. The Labute approximate surface area is 167 Å². The van der Waals surface area contributed by atoms with Gasteiger partial charge in [0.2, 0.25) is 0 Å². The summed E-state index contributed by atoms with van der Waals surface area (Å²) in [5.74, 6) is 0.635. The second kappa shape index (κ2) is 9.23. The highest BCUT2D eigenvalue weighted by atomic mass is 16.5. The van der Waals surface area contributed by atoms with Crippen molar-refractivity contribution < 1.29 is 9.53 Å². The number of hydrogen-bond donors (Lipinski definition) is 1. The Morgan fingerprint density at radius 3 is 2.11 bits per heavy atom. The third-order valence-electron chi connectivity index (χ3n) is 4.86. The highest BCUT2D eigenvalue weighted by molar-refractivity contribution is 5.82. The Hall–Kier alpha value is -3.07. The molecule has 3 heteroatoms. The number of para-hydroxylation sites is 1. The third-order valence-corrected chi connectivity index (χ3v) is 4.86. The summed E-state index contributed by atoms with van der Waals surface area (Å²) in [5, 5.41) is 3.20. The minimum atomic E-state index is -0.544. The Bertz CT molecular complexity index is 903. The fourth-order valence-electron chi connectivity index (χ4n) is 3.16. The van der Waals surface area contributed by atoms with Crippen LogP contribution in [0.4, 0.5) is 0 Å². The van der Waals surface area contributed by atoms with Gasteiger partial charge in [-0.25, -0.2) is 0 Å². The van der Waals surface area contributed by atoms with Crippen LogP contribution >= 0.6 is 0 Å². The van der Waals surface area contributed by atoms with Gasteiger partial charge in [-0.2, -0.15) is 0 Å². The number of benzene rings is 3. The predicted octanol–water partition coefficient (Wildman–Crippen LogP) is 5.37. The standard InChI is InChI=1S/C25H27NO2/c1-4-22(28-23-13-9-8-10-19(23)3)25(27)26-24(20-11-6-5-7-12-20)21-16-14-18(2)15-17-21/h5-17,22,24H,4H2,1-3H3,(H,26,27)/t22-,24+/m1/s1. The Balaban J connectivity index is 1.83. The zero-order valence-electron chi connectivity index (χ0n) is 16.7. The molecule has 0 heterocycles. The van der Waals surface area contributed by atoms with Crippen LogP contribution in [-0.2, 0) is 4.79 Å². The van der Waals surface area contributed by atoms with Gasteiger partial charge in [-0.05, 0) is 43.0 Å². The fraction of sp³-hybridized carbons (Fsp3) is 0.240. The predicted molar refractivity (Wildman–Crippen MR) is 113 cm³/mol. The zero-order chi connectivity index (χ0) is 19.9. The van der Waals surface area contributed by atoms with E-state index in [1.807, 2.05) is 68.4 Å². The van der Waals surface area contributed by atoms with Crippen molar-refractivity contribution in [2.24, 2.45) is 0 Å². The van der Waals surface area contributed by atoms with E-state index in [0.29, 0.717) is 6.42 Å². The molecule has 0 spiro atoms.